The SMILES string of the molecule is Cc1c(Cl)c(C#N)nn1[I-](C)(C)C. The van der Waals surface area contributed by atoms with Gasteiger partial charge in [-0.05, 0) is 0 Å². The van der Waals surface area contributed by atoms with E-state index in [0.717, 1.165) is 5.69 Å². The number of rotatable bonds is 1. The van der Waals surface area contributed by atoms with E-state index in [2.05, 4.69) is 19.9 Å². The van der Waals surface area contributed by atoms with Gasteiger partial charge in [0.25, 0.3) is 0 Å². The van der Waals surface area contributed by atoms with Crippen LogP contribution in [0.25, 0.3) is 0 Å². The molecule has 0 N–H and O–H groups in total. The Morgan fingerprint density at radius 1 is 1.46 bits per heavy atom. The molecule has 1 aromatic rings. The molecule has 0 spiro atoms. The molecule has 0 atom stereocenters. The van der Waals surface area contributed by atoms with Gasteiger partial charge < -0.3 is 0 Å². The van der Waals surface area contributed by atoms with E-state index in [1.54, 1.807) is 0 Å². The normalized spacial score (nSPS) is 12.6. The van der Waals surface area contributed by atoms with Crippen molar-refractivity contribution in [3.05, 3.63) is 16.4 Å². The fraction of sp³-hybridized carbons (Fsp3) is 0.500. The van der Waals surface area contributed by atoms with Gasteiger partial charge in [-0.1, -0.05) is 0 Å². The second kappa shape index (κ2) is 3.46. The zero-order valence-corrected chi connectivity index (χ0v) is 11.0. The molecule has 0 aliphatic heterocycles. The summed E-state index contributed by atoms with van der Waals surface area (Å²) in [5.41, 5.74) is 1.26. The van der Waals surface area contributed by atoms with E-state index >= 15 is 0 Å². The van der Waals surface area contributed by atoms with Crippen LogP contribution >= 0.6 is 11.6 Å². The molecule has 0 saturated carbocycles. The van der Waals surface area contributed by atoms with Crippen LogP contribution < -0.4 is 18.7 Å². The molecule has 0 amide bonds. The second-order valence-corrected chi connectivity index (χ2v) is 14.0. The minimum atomic E-state index is -1.95. The van der Waals surface area contributed by atoms with Crippen molar-refractivity contribution in [3.63, 3.8) is 0 Å². The van der Waals surface area contributed by atoms with E-state index in [-0.39, 0.29) is 0 Å². The summed E-state index contributed by atoms with van der Waals surface area (Å²) in [6.45, 7) is 1.91. The van der Waals surface area contributed by atoms with E-state index in [9.17, 15) is 0 Å². The van der Waals surface area contributed by atoms with E-state index < -0.39 is 18.7 Å². The minimum absolute atomic E-state index is 0.345. The van der Waals surface area contributed by atoms with Crippen LogP contribution in [-0.4, -0.2) is 22.8 Å². The first kappa shape index (κ1) is 10.8. The summed E-state index contributed by atoms with van der Waals surface area (Å²) in [5, 5.41) is 13.4. The van der Waals surface area contributed by atoms with Crippen LogP contribution in [0.5, 0.6) is 0 Å². The van der Waals surface area contributed by atoms with Gasteiger partial charge in [0.1, 0.15) is 0 Å². The van der Waals surface area contributed by atoms with Crippen LogP contribution in [-0.2, 0) is 0 Å². The van der Waals surface area contributed by atoms with Crippen molar-refractivity contribution in [1.82, 2.24) is 7.99 Å². The van der Waals surface area contributed by atoms with Gasteiger partial charge in [0, 0.05) is 0 Å². The average Bonchev–Trinajstić information content (AvgIpc) is 2.28. The zero-order valence-electron chi connectivity index (χ0n) is 8.10. The van der Waals surface area contributed by atoms with Crippen molar-refractivity contribution in [1.29, 1.82) is 5.26 Å². The van der Waals surface area contributed by atoms with Gasteiger partial charge in [-0.25, -0.2) is 0 Å². The maximum atomic E-state index is 8.73. The number of alkyl halides is 3. The molecule has 13 heavy (non-hydrogen) atoms. The fourth-order valence-corrected chi connectivity index (χ4v) is 4.60. The van der Waals surface area contributed by atoms with Crippen molar-refractivity contribution in [2.45, 2.75) is 6.92 Å². The Kier molecular flexibility index (Phi) is 2.88. The van der Waals surface area contributed by atoms with E-state index in [1.165, 1.54) is 0 Å². The summed E-state index contributed by atoms with van der Waals surface area (Å²) in [5.74, 6) is 0. The molecule has 3 nitrogen and oxygen atoms in total. The number of hydrogen-bond acceptors (Lipinski definition) is 2. The summed E-state index contributed by atoms with van der Waals surface area (Å²) < 4.78 is 1.95. The summed E-state index contributed by atoms with van der Waals surface area (Å²) in [7, 11) is 0. The Hall–Kier alpha value is -0.280. The Bertz CT molecular complexity index is 370. The molecule has 0 unspecified atom stereocenters. The van der Waals surface area contributed by atoms with Gasteiger partial charge >= 0.3 is 87.8 Å². The van der Waals surface area contributed by atoms with Crippen molar-refractivity contribution < 1.29 is 18.7 Å². The summed E-state index contributed by atoms with van der Waals surface area (Å²) in [4.78, 5) is 6.60. The molecule has 74 valence electrons. The topological polar surface area (TPSA) is 41.6 Å². The van der Waals surface area contributed by atoms with Gasteiger partial charge in [-0.2, -0.15) is 0 Å². The van der Waals surface area contributed by atoms with Crippen LogP contribution in [0.2, 0.25) is 5.02 Å². The Morgan fingerprint density at radius 3 is 2.23 bits per heavy atom. The average molecular weight is 313 g/mol. The first-order valence-corrected chi connectivity index (χ1v) is 11.4. The second-order valence-electron chi connectivity index (χ2n) is 3.36. The number of nitriles is 1. The van der Waals surface area contributed by atoms with Gasteiger partial charge in [0.15, 0.2) is 0 Å². The Labute approximate surface area is 87.5 Å². The third kappa shape index (κ3) is 1.97. The van der Waals surface area contributed by atoms with Gasteiger partial charge in [-0.3, -0.25) is 0 Å². The molecule has 5 heteroatoms. The quantitative estimate of drug-likeness (QED) is 0.469. The summed E-state index contributed by atoms with van der Waals surface area (Å²) in [6, 6.07) is 1.99. The van der Waals surface area contributed by atoms with Crippen molar-refractivity contribution in [2.24, 2.45) is 0 Å². The van der Waals surface area contributed by atoms with Crippen molar-refractivity contribution in [3.8, 4) is 6.07 Å². The molecule has 0 radical (unpaired) electrons. The number of nitrogens with zero attached hydrogens (tertiary/aromatic N) is 3. The van der Waals surface area contributed by atoms with Crippen LogP contribution in [0.3, 0.4) is 0 Å². The van der Waals surface area contributed by atoms with Crippen LogP contribution in [0.4, 0.5) is 0 Å². The van der Waals surface area contributed by atoms with Crippen LogP contribution in [0.15, 0.2) is 0 Å². The van der Waals surface area contributed by atoms with E-state index in [1.807, 2.05) is 15.9 Å². The third-order valence-electron chi connectivity index (χ3n) is 1.58. The molecule has 1 aromatic heterocycles. The van der Waals surface area contributed by atoms with E-state index in [4.69, 9.17) is 16.9 Å². The maximum absolute atomic E-state index is 8.73. The molecule has 0 bridgehead atoms. The fourth-order valence-electron chi connectivity index (χ4n) is 1.02. The number of aromatic nitrogens is 2. The summed E-state index contributed by atoms with van der Waals surface area (Å²) in [6.07, 6.45) is 0. The van der Waals surface area contributed by atoms with Crippen LogP contribution in [0, 0.1) is 18.3 Å². The number of halogens is 2. The Balaban J connectivity index is 3.36. The molecule has 0 aromatic carbocycles. The monoisotopic (exact) mass is 312 g/mol. The predicted molar refractivity (Wildman–Crippen MR) is 49.9 cm³/mol. The third-order valence-corrected chi connectivity index (χ3v) is 5.71. The van der Waals surface area contributed by atoms with Gasteiger partial charge in [-0.15, -0.1) is 0 Å². The van der Waals surface area contributed by atoms with Gasteiger partial charge in [0.2, 0.25) is 0 Å². The molecule has 0 saturated heterocycles. The first-order valence-electron chi connectivity index (χ1n) is 3.61. The van der Waals surface area contributed by atoms with Gasteiger partial charge in [0.05, 0.1) is 0 Å². The molecule has 1 rings (SSSR count). The first-order chi connectivity index (χ1) is 5.88. The molecular formula is C8H12ClIN3-. The standard InChI is InChI=1S/C8H12ClIN3/c1-6-8(9)7(5-11)12-13(6)10(2,3)4/h1-4H3/q-1. The molecular weight excluding hydrogens is 300 g/mol. The van der Waals surface area contributed by atoms with E-state index in [0.29, 0.717) is 10.7 Å². The van der Waals surface area contributed by atoms with Crippen molar-refractivity contribution in [2.75, 3.05) is 14.8 Å². The van der Waals surface area contributed by atoms with Crippen LogP contribution in [0.1, 0.15) is 11.4 Å². The molecule has 0 aliphatic carbocycles. The molecule has 1 heterocycles. The zero-order chi connectivity index (χ0) is 10.2. The Morgan fingerprint density at radius 2 is 2.00 bits per heavy atom. The summed E-state index contributed by atoms with van der Waals surface area (Å²) >= 11 is 3.99. The predicted octanol–water partition coefficient (Wildman–Crippen LogP) is -1.47. The molecule has 0 aliphatic rings. The van der Waals surface area contributed by atoms with Crippen molar-refractivity contribution >= 4 is 11.6 Å². The molecule has 0 fully saturated rings. The number of hydrogen-bond donors (Lipinski definition) is 0.